The first-order valence-corrected chi connectivity index (χ1v) is 11.7. The first-order valence-electron chi connectivity index (χ1n) is 11.7. The van der Waals surface area contributed by atoms with Crippen LogP contribution >= 0.6 is 12.4 Å². The molecule has 2 saturated heterocycles. The Morgan fingerprint density at radius 2 is 1.24 bits per heavy atom. The van der Waals surface area contributed by atoms with E-state index in [9.17, 15) is 9.59 Å². The minimum atomic E-state index is -1.18. The average Bonchev–Trinajstić information content (AvgIpc) is 3.15. The summed E-state index contributed by atoms with van der Waals surface area (Å²) in [5, 5.41) is 3.04. The second-order valence-corrected chi connectivity index (χ2v) is 8.90. The predicted octanol–water partition coefficient (Wildman–Crippen LogP) is 4.78. The van der Waals surface area contributed by atoms with Gasteiger partial charge in [0.25, 0.3) is 5.91 Å². The Morgan fingerprint density at radius 1 is 0.735 bits per heavy atom. The second-order valence-electron chi connectivity index (χ2n) is 8.90. The second kappa shape index (κ2) is 10.4. The van der Waals surface area contributed by atoms with Crippen LogP contribution in [0.2, 0.25) is 0 Å². The molecule has 0 aromatic heterocycles. The van der Waals surface area contributed by atoms with Crippen LogP contribution in [0, 0.1) is 0 Å². The molecule has 5 rings (SSSR count). The van der Waals surface area contributed by atoms with Crippen LogP contribution in [0.1, 0.15) is 35.4 Å². The van der Waals surface area contributed by atoms with Crippen LogP contribution in [0.4, 0.5) is 4.79 Å². The number of benzene rings is 3. The zero-order valence-corrected chi connectivity index (χ0v) is 19.9. The monoisotopic (exact) mass is 475 g/mol. The Morgan fingerprint density at radius 3 is 1.76 bits per heavy atom. The van der Waals surface area contributed by atoms with Crippen LogP contribution in [0.25, 0.3) is 0 Å². The fourth-order valence-corrected chi connectivity index (χ4v) is 5.17. The van der Waals surface area contributed by atoms with Crippen LogP contribution in [0.3, 0.4) is 0 Å². The Balaban J connectivity index is 0.00000274. The Bertz CT molecular complexity index is 1060. The van der Waals surface area contributed by atoms with E-state index in [1.165, 1.54) is 10.5 Å². The van der Waals surface area contributed by atoms with Gasteiger partial charge < -0.3 is 10.2 Å². The summed E-state index contributed by atoms with van der Waals surface area (Å²) in [6.45, 7) is 3.04. The summed E-state index contributed by atoms with van der Waals surface area (Å²) in [6, 6.07) is 29.4. The molecule has 0 radical (unpaired) electrons. The van der Waals surface area contributed by atoms with Crippen molar-refractivity contribution in [1.29, 1.82) is 0 Å². The van der Waals surface area contributed by atoms with Gasteiger partial charge in [-0.15, -0.1) is 12.4 Å². The summed E-state index contributed by atoms with van der Waals surface area (Å²) in [7, 11) is 0. The summed E-state index contributed by atoms with van der Waals surface area (Å²) in [5.41, 5.74) is 1.78. The molecule has 3 aromatic rings. The minimum absolute atomic E-state index is 0. The van der Waals surface area contributed by atoms with Crippen molar-refractivity contribution in [2.75, 3.05) is 26.2 Å². The molecule has 2 fully saturated rings. The van der Waals surface area contributed by atoms with Gasteiger partial charge in [-0.05, 0) is 48.5 Å². The molecule has 2 heterocycles. The van der Waals surface area contributed by atoms with Gasteiger partial charge in [0.15, 0.2) is 5.54 Å². The lowest BCUT2D eigenvalue weighted by atomic mass is 9.82. The van der Waals surface area contributed by atoms with Crippen molar-refractivity contribution in [3.8, 4) is 0 Å². The van der Waals surface area contributed by atoms with Crippen molar-refractivity contribution >= 4 is 24.3 Å². The number of imide groups is 1. The lowest BCUT2D eigenvalue weighted by molar-refractivity contribution is -0.130. The third-order valence-corrected chi connectivity index (χ3v) is 7.02. The van der Waals surface area contributed by atoms with Gasteiger partial charge in [0, 0.05) is 13.1 Å². The molecule has 6 heteroatoms. The van der Waals surface area contributed by atoms with Crippen molar-refractivity contribution < 1.29 is 9.59 Å². The number of urea groups is 1. The highest BCUT2D eigenvalue weighted by molar-refractivity contribution is 6.09. The van der Waals surface area contributed by atoms with Crippen LogP contribution in [-0.2, 0) is 10.3 Å². The van der Waals surface area contributed by atoms with Gasteiger partial charge >= 0.3 is 6.03 Å². The van der Waals surface area contributed by atoms with E-state index in [1.807, 2.05) is 60.7 Å². The maximum absolute atomic E-state index is 13.8. The lowest BCUT2D eigenvalue weighted by Crippen LogP contribution is -2.46. The van der Waals surface area contributed by atoms with Gasteiger partial charge in [0.2, 0.25) is 0 Å². The normalized spacial score (nSPS) is 18.4. The van der Waals surface area contributed by atoms with E-state index in [0.717, 1.165) is 37.1 Å². The topological polar surface area (TPSA) is 52.7 Å². The van der Waals surface area contributed by atoms with Crippen molar-refractivity contribution in [3.05, 3.63) is 108 Å². The molecule has 2 aliphatic heterocycles. The molecule has 34 heavy (non-hydrogen) atoms. The van der Waals surface area contributed by atoms with E-state index >= 15 is 0 Å². The largest absolute Gasteiger partial charge is 0.325 e. The molecule has 0 aliphatic carbocycles. The van der Waals surface area contributed by atoms with Crippen molar-refractivity contribution in [2.24, 2.45) is 0 Å². The van der Waals surface area contributed by atoms with Gasteiger partial charge in [0.05, 0.1) is 0 Å². The minimum Gasteiger partial charge on any atom is -0.315 e. The van der Waals surface area contributed by atoms with Crippen LogP contribution in [-0.4, -0.2) is 47.9 Å². The number of hydrogen-bond donors (Lipinski definition) is 1. The van der Waals surface area contributed by atoms with E-state index in [4.69, 9.17) is 0 Å². The third kappa shape index (κ3) is 4.46. The van der Waals surface area contributed by atoms with Gasteiger partial charge in [-0.25, -0.2) is 4.79 Å². The summed E-state index contributed by atoms with van der Waals surface area (Å²) < 4.78 is 0. The average molecular weight is 476 g/mol. The number of halogens is 1. The van der Waals surface area contributed by atoms with Crippen LogP contribution in [0.15, 0.2) is 91.0 Å². The fourth-order valence-electron chi connectivity index (χ4n) is 5.17. The number of rotatable bonds is 6. The highest BCUT2D eigenvalue weighted by Crippen LogP contribution is 2.36. The zero-order chi connectivity index (χ0) is 22.7. The van der Waals surface area contributed by atoms with Crippen molar-refractivity contribution in [1.82, 2.24) is 15.1 Å². The summed E-state index contributed by atoms with van der Waals surface area (Å²) in [5.74, 6) is 0.382. The highest BCUT2D eigenvalue weighted by Gasteiger charge is 2.53. The van der Waals surface area contributed by atoms with E-state index in [-0.39, 0.29) is 24.3 Å². The number of hydrogen-bond acceptors (Lipinski definition) is 3. The molecular weight excluding hydrogens is 446 g/mol. The third-order valence-electron chi connectivity index (χ3n) is 7.02. The standard InChI is InChI=1S/C28H29N3O2.ClH/c32-26-28(24-12-6-2-7-13-24,25-14-8-3-9-15-25)29-27(33)31(26)21-20-30-18-16-23(17-19-30)22-10-4-1-5-11-22;/h1-15,23H,16-21H2,(H,29,33);1H. The molecule has 0 spiro atoms. The van der Waals surface area contributed by atoms with Gasteiger partial charge in [-0.1, -0.05) is 91.0 Å². The molecule has 0 bridgehead atoms. The van der Waals surface area contributed by atoms with Crippen molar-refractivity contribution in [3.63, 3.8) is 0 Å². The Kier molecular flexibility index (Phi) is 7.35. The molecule has 3 amide bonds. The zero-order valence-electron chi connectivity index (χ0n) is 19.1. The van der Waals surface area contributed by atoms with E-state index in [0.29, 0.717) is 19.0 Å². The van der Waals surface area contributed by atoms with Gasteiger partial charge in [-0.3, -0.25) is 9.69 Å². The van der Waals surface area contributed by atoms with Crippen molar-refractivity contribution in [2.45, 2.75) is 24.3 Å². The fraction of sp³-hybridized carbons (Fsp3) is 0.286. The quantitative estimate of drug-likeness (QED) is 0.522. The number of nitrogens with one attached hydrogen (secondary N) is 1. The SMILES string of the molecule is Cl.O=C1NC(c2ccccc2)(c2ccccc2)C(=O)N1CCN1CCC(c2ccccc2)CC1. The van der Waals surface area contributed by atoms with E-state index < -0.39 is 5.54 Å². The number of carbonyl (C=O) groups is 2. The number of carbonyl (C=O) groups excluding carboxylic acids is 2. The first kappa shape index (κ1) is 24.0. The number of piperidine rings is 1. The maximum Gasteiger partial charge on any atom is 0.325 e. The predicted molar refractivity (Wildman–Crippen MR) is 136 cm³/mol. The molecule has 1 N–H and O–H groups in total. The lowest BCUT2D eigenvalue weighted by Gasteiger charge is -2.33. The highest BCUT2D eigenvalue weighted by atomic mass is 35.5. The molecule has 0 saturated carbocycles. The Labute approximate surface area is 207 Å². The van der Waals surface area contributed by atoms with E-state index in [2.05, 4.69) is 40.5 Å². The first-order chi connectivity index (χ1) is 16.2. The Hall–Kier alpha value is -3.15. The summed E-state index contributed by atoms with van der Waals surface area (Å²) >= 11 is 0. The molecule has 176 valence electrons. The summed E-state index contributed by atoms with van der Waals surface area (Å²) in [6.07, 6.45) is 2.20. The molecule has 5 nitrogen and oxygen atoms in total. The molecule has 0 unspecified atom stereocenters. The van der Waals surface area contributed by atoms with Gasteiger partial charge in [-0.2, -0.15) is 0 Å². The molecule has 3 aromatic carbocycles. The van der Waals surface area contributed by atoms with E-state index in [1.54, 1.807) is 0 Å². The number of nitrogens with zero attached hydrogens (tertiary/aromatic N) is 2. The van der Waals surface area contributed by atoms with Crippen LogP contribution < -0.4 is 5.32 Å². The smallest absolute Gasteiger partial charge is 0.315 e. The van der Waals surface area contributed by atoms with Crippen LogP contribution in [0.5, 0.6) is 0 Å². The molecule has 2 aliphatic rings. The summed E-state index contributed by atoms with van der Waals surface area (Å²) in [4.78, 5) is 30.6. The number of likely N-dealkylation sites (tertiary alicyclic amines) is 1. The molecular formula is C28H30ClN3O2. The van der Waals surface area contributed by atoms with Gasteiger partial charge in [0.1, 0.15) is 0 Å². The maximum atomic E-state index is 13.8. The molecule has 0 atom stereocenters. The number of amides is 3.